The van der Waals surface area contributed by atoms with Gasteiger partial charge in [0.1, 0.15) is 0 Å². The van der Waals surface area contributed by atoms with Gasteiger partial charge in [-0.2, -0.15) is 0 Å². The number of hydrogen-bond donors (Lipinski definition) is 3. The third-order valence-electron chi connectivity index (χ3n) is 4.40. The molecule has 1 aromatic carbocycles. The van der Waals surface area contributed by atoms with E-state index in [4.69, 9.17) is 0 Å². The normalized spacial score (nSPS) is 10.5. The van der Waals surface area contributed by atoms with Crippen LogP contribution in [0.4, 0.5) is 22.9 Å². The van der Waals surface area contributed by atoms with Crippen molar-refractivity contribution in [3.8, 4) is 11.4 Å². The summed E-state index contributed by atoms with van der Waals surface area (Å²) >= 11 is 1.30. The Labute approximate surface area is 190 Å². The number of amides is 2. The Balaban J connectivity index is 1.67. The predicted octanol–water partition coefficient (Wildman–Crippen LogP) is 3.42. The Hall–Kier alpha value is -3.73. The lowest BCUT2D eigenvalue weighted by Crippen LogP contribution is -2.14. The first-order chi connectivity index (χ1) is 15.4. The van der Waals surface area contributed by atoms with Gasteiger partial charge in [-0.1, -0.05) is 11.8 Å². The molecule has 32 heavy (non-hydrogen) atoms. The van der Waals surface area contributed by atoms with E-state index in [1.54, 1.807) is 37.5 Å². The Morgan fingerprint density at radius 3 is 2.44 bits per heavy atom. The summed E-state index contributed by atoms with van der Waals surface area (Å²) in [4.78, 5) is 31.7. The minimum absolute atomic E-state index is 0.149. The van der Waals surface area contributed by atoms with Gasteiger partial charge < -0.3 is 20.5 Å². The van der Waals surface area contributed by atoms with Crippen LogP contribution in [0.2, 0.25) is 0 Å². The van der Waals surface area contributed by atoms with Crippen molar-refractivity contribution in [1.82, 2.24) is 19.7 Å². The van der Waals surface area contributed by atoms with Gasteiger partial charge in [-0.3, -0.25) is 9.59 Å². The topological polar surface area (TPSA) is 126 Å². The Kier molecular flexibility index (Phi) is 7.55. The molecular formula is C21H24N8O2S. The molecule has 0 aliphatic heterocycles. The van der Waals surface area contributed by atoms with Gasteiger partial charge in [0.25, 0.3) is 0 Å². The Morgan fingerprint density at radius 2 is 1.84 bits per heavy atom. The van der Waals surface area contributed by atoms with Gasteiger partial charge >= 0.3 is 0 Å². The summed E-state index contributed by atoms with van der Waals surface area (Å²) in [6, 6.07) is 8.80. The van der Waals surface area contributed by atoms with E-state index in [0.717, 1.165) is 11.3 Å². The highest BCUT2D eigenvalue weighted by Crippen LogP contribution is 2.29. The van der Waals surface area contributed by atoms with Gasteiger partial charge in [-0.25, -0.2) is 9.98 Å². The fourth-order valence-electron chi connectivity index (χ4n) is 2.95. The van der Waals surface area contributed by atoms with Crippen LogP contribution in [-0.2, 0) is 16.1 Å². The highest BCUT2D eigenvalue weighted by molar-refractivity contribution is 7.99. The number of carbonyl (C=O) groups excluding carboxylic acids is 2. The van der Waals surface area contributed by atoms with E-state index < -0.39 is 0 Å². The molecule has 0 radical (unpaired) electrons. The lowest BCUT2D eigenvalue weighted by atomic mass is 10.2. The minimum Gasteiger partial charge on any atom is -0.385 e. The van der Waals surface area contributed by atoms with E-state index in [1.807, 2.05) is 17.6 Å². The summed E-state index contributed by atoms with van der Waals surface area (Å²) in [6.07, 6.45) is 1.67. The number of pyridine rings is 1. The Morgan fingerprint density at radius 1 is 1.16 bits per heavy atom. The van der Waals surface area contributed by atoms with E-state index in [2.05, 4.69) is 42.8 Å². The molecule has 166 valence electrons. The number of carbonyl (C=O) groups is 2. The molecule has 3 aromatic rings. The molecule has 0 unspecified atom stereocenters. The fourth-order valence-corrected chi connectivity index (χ4v) is 3.75. The number of benzene rings is 1. The maximum absolute atomic E-state index is 12.4. The van der Waals surface area contributed by atoms with Crippen LogP contribution in [0.3, 0.4) is 0 Å². The van der Waals surface area contributed by atoms with Gasteiger partial charge in [-0.15, -0.1) is 10.2 Å². The smallest absolute Gasteiger partial charge is 0.234 e. The molecule has 0 saturated heterocycles. The third-order valence-corrected chi connectivity index (χ3v) is 5.37. The number of anilines is 3. The van der Waals surface area contributed by atoms with Crippen molar-refractivity contribution < 1.29 is 9.59 Å². The van der Waals surface area contributed by atoms with E-state index in [-0.39, 0.29) is 17.6 Å². The average Bonchev–Trinajstić information content (AvgIpc) is 3.21. The molecule has 0 saturated carbocycles. The maximum Gasteiger partial charge on any atom is 0.234 e. The first kappa shape index (κ1) is 22.9. The molecule has 11 heteroatoms. The predicted molar refractivity (Wildman–Crippen MR) is 128 cm³/mol. The molecule has 0 spiro atoms. The molecule has 0 aliphatic rings. The summed E-state index contributed by atoms with van der Waals surface area (Å²) in [5, 5.41) is 17.7. The number of hydrogen-bond acceptors (Lipinski definition) is 8. The number of aromatic nitrogens is 4. The van der Waals surface area contributed by atoms with Crippen molar-refractivity contribution >= 4 is 53.2 Å². The van der Waals surface area contributed by atoms with Gasteiger partial charge in [0.2, 0.25) is 11.8 Å². The molecule has 0 aliphatic carbocycles. The van der Waals surface area contributed by atoms with Crippen molar-refractivity contribution in [2.45, 2.75) is 25.5 Å². The van der Waals surface area contributed by atoms with Gasteiger partial charge in [-0.05, 0) is 44.0 Å². The standard InChI is InChI=1S/C21H24N8O2S/c1-5-29-20(14-10-17(22-3)19(23-4)24-11-14)27-28-21(29)32-12-18(31)26-16-8-6-15(7-9-16)25-13(2)30/h6-11,22H,4-5,12H2,1-3H3,(H,25,30)(H,26,31). The average molecular weight is 453 g/mol. The van der Waals surface area contributed by atoms with Gasteiger partial charge in [0.05, 0.1) is 11.4 Å². The summed E-state index contributed by atoms with van der Waals surface area (Å²) in [6.45, 7) is 7.58. The van der Waals surface area contributed by atoms with Crippen LogP contribution >= 0.6 is 11.8 Å². The number of rotatable bonds is 9. The second-order valence-corrected chi connectivity index (χ2v) is 7.59. The highest BCUT2D eigenvalue weighted by atomic mass is 32.2. The monoisotopic (exact) mass is 452 g/mol. The number of thioether (sulfide) groups is 1. The van der Waals surface area contributed by atoms with Crippen LogP contribution in [0.5, 0.6) is 0 Å². The zero-order chi connectivity index (χ0) is 23.1. The summed E-state index contributed by atoms with van der Waals surface area (Å²) < 4.78 is 1.93. The van der Waals surface area contributed by atoms with Crippen molar-refractivity contribution in [1.29, 1.82) is 0 Å². The number of aliphatic imine (C=N–C) groups is 1. The third kappa shape index (κ3) is 5.49. The first-order valence-electron chi connectivity index (χ1n) is 9.83. The first-order valence-corrected chi connectivity index (χ1v) is 10.8. The molecular weight excluding hydrogens is 428 g/mol. The lowest BCUT2D eigenvalue weighted by Gasteiger charge is -2.10. The lowest BCUT2D eigenvalue weighted by molar-refractivity contribution is -0.114. The van der Waals surface area contributed by atoms with Gasteiger partial charge in [0, 0.05) is 43.7 Å². The van der Waals surface area contributed by atoms with Crippen molar-refractivity contribution in [3.63, 3.8) is 0 Å². The zero-order valence-corrected chi connectivity index (χ0v) is 18.9. The molecule has 0 atom stereocenters. The quantitative estimate of drug-likeness (QED) is 0.335. The molecule has 2 amide bonds. The summed E-state index contributed by atoms with van der Waals surface area (Å²) in [7, 11) is 1.79. The second-order valence-electron chi connectivity index (χ2n) is 6.65. The molecule has 3 rings (SSSR count). The maximum atomic E-state index is 12.4. The van der Waals surface area contributed by atoms with Crippen LogP contribution in [-0.4, -0.2) is 51.1 Å². The van der Waals surface area contributed by atoms with Crippen LogP contribution in [0.1, 0.15) is 13.8 Å². The SMILES string of the molecule is C=Nc1ncc(-c2nnc(SCC(=O)Nc3ccc(NC(C)=O)cc3)n2CC)cc1NC. The van der Waals surface area contributed by atoms with E-state index >= 15 is 0 Å². The molecule has 2 aromatic heterocycles. The van der Waals surface area contributed by atoms with E-state index in [1.165, 1.54) is 18.7 Å². The molecule has 2 heterocycles. The Bertz CT molecular complexity index is 1130. The summed E-state index contributed by atoms with van der Waals surface area (Å²) in [5.41, 5.74) is 2.83. The van der Waals surface area contributed by atoms with Crippen molar-refractivity contribution in [3.05, 3.63) is 36.5 Å². The fraction of sp³-hybridized carbons (Fsp3) is 0.238. The van der Waals surface area contributed by atoms with E-state index in [9.17, 15) is 9.59 Å². The van der Waals surface area contributed by atoms with Crippen LogP contribution in [0.25, 0.3) is 11.4 Å². The number of nitrogens with one attached hydrogen (secondary N) is 3. The summed E-state index contributed by atoms with van der Waals surface area (Å²) in [5.74, 6) is 1.02. The van der Waals surface area contributed by atoms with Crippen LogP contribution in [0.15, 0.2) is 46.7 Å². The molecule has 0 bridgehead atoms. The minimum atomic E-state index is -0.171. The second kappa shape index (κ2) is 10.5. The van der Waals surface area contributed by atoms with Crippen molar-refractivity contribution in [2.75, 3.05) is 28.8 Å². The van der Waals surface area contributed by atoms with Crippen molar-refractivity contribution in [2.24, 2.45) is 4.99 Å². The van der Waals surface area contributed by atoms with Crippen LogP contribution in [0, 0.1) is 0 Å². The van der Waals surface area contributed by atoms with Gasteiger partial charge in [0.15, 0.2) is 16.8 Å². The molecule has 3 N–H and O–H groups in total. The zero-order valence-electron chi connectivity index (χ0n) is 18.0. The van der Waals surface area contributed by atoms with E-state index in [0.29, 0.717) is 34.7 Å². The molecule has 10 nitrogen and oxygen atoms in total. The van der Waals surface area contributed by atoms with Crippen LogP contribution < -0.4 is 16.0 Å². The largest absolute Gasteiger partial charge is 0.385 e. The molecule has 0 fully saturated rings. The highest BCUT2D eigenvalue weighted by Gasteiger charge is 2.16. The number of nitrogens with zero attached hydrogens (tertiary/aromatic N) is 5.